The molecule has 0 amide bonds. The lowest BCUT2D eigenvalue weighted by atomic mass is 10.1. The molecule has 3 N–H and O–H groups in total. The van der Waals surface area contributed by atoms with Gasteiger partial charge in [-0.15, -0.1) is 0 Å². The zero-order valence-electron chi connectivity index (χ0n) is 16.4. The van der Waals surface area contributed by atoms with Crippen molar-refractivity contribution in [1.29, 1.82) is 0 Å². The second kappa shape index (κ2) is 8.34. The molecule has 27 heavy (non-hydrogen) atoms. The van der Waals surface area contributed by atoms with Crippen LogP contribution in [-0.4, -0.2) is 56.4 Å². The molecule has 1 atom stereocenters. The highest BCUT2D eigenvalue weighted by Crippen LogP contribution is 2.23. The molecule has 0 aliphatic carbocycles. The number of benzene rings is 1. The summed E-state index contributed by atoms with van der Waals surface area (Å²) in [4.78, 5) is 18.8. The second-order valence-corrected chi connectivity index (χ2v) is 6.98. The summed E-state index contributed by atoms with van der Waals surface area (Å²) in [5.41, 5.74) is 7.08. The lowest BCUT2D eigenvalue weighted by Crippen LogP contribution is -2.39. The summed E-state index contributed by atoms with van der Waals surface area (Å²) in [6, 6.07) is 9.49. The molecule has 142 valence electrons. The number of para-hydroxylation sites is 1. The van der Waals surface area contributed by atoms with Gasteiger partial charge in [-0.1, -0.05) is 18.2 Å². The van der Waals surface area contributed by atoms with Gasteiger partial charge in [0.25, 0.3) is 0 Å². The molecule has 0 saturated carbocycles. The minimum absolute atomic E-state index is 0.0289. The summed E-state index contributed by atoms with van der Waals surface area (Å²) < 4.78 is 13.2. The zero-order valence-corrected chi connectivity index (χ0v) is 15.4. The third kappa shape index (κ3) is 5.40. The SMILES string of the molecule is [2H]c1cnc2cnc(N(CC(O)COCC(C)(C)N)c3ccccc3)nc2n1. The van der Waals surface area contributed by atoms with Crippen molar-refractivity contribution in [2.75, 3.05) is 24.7 Å². The Morgan fingerprint density at radius 1 is 1.26 bits per heavy atom. The molecule has 8 heteroatoms. The number of hydrogen-bond acceptors (Lipinski definition) is 8. The average molecular weight is 369 g/mol. The molecule has 0 spiro atoms. The first-order chi connectivity index (χ1) is 13.3. The minimum Gasteiger partial charge on any atom is -0.389 e. The van der Waals surface area contributed by atoms with Gasteiger partial charge in [-0.3, -0.25) is 0 Å². The van der Waals surface area contributed by atoms with E-state index in [4.69, 9.17) is 11.8 Å². The first-order valence-electron chi connectivity index (χ1n) is 9.15. The number of aromatic nitrogens is 4. The normalized spacial score (nSPS) is 13.4. The molecule has 2 heterocycles. The fourth-order valence-corrected chi connectivity index (χ4v) is 2.48. The molecule has 3 aromatic rings. The molecule has 3 rings (SSSR count). The number of nitrogens with two attached hydrogens (primary N) is 1. The molecule has 1 aromatic carbocycles. The van der Waals surface area contributed by atoms with Gasteiger partial charge >= 0.3 is 0 Å². The van der Waals surface area contributed by atoms with Gasteiger partial charge in [-0.05, 0) is 26.0 Å². The predicted octanol–water partition coefficient (Wildman–Crippen LogP) is 1.67. The van der Waals surface area contributed by atoms with Crippen LogP contribution in [0.25, 0.3) is 11.2 Å². The highest BCUT2D eigenvalue weighted by atomic mass is 16.5. The standard InChI is InChI=1S/C19H24N6O2/c1-19(2,20)13-27-12-15(26)11-25(14-6-4-3-5-7-14)18-23-10-16-17(24-18)22-9-8-21-16/h3-10,15,26H,11-13,20H2,1-2H3/i9D. The van der Waals surface area contributed by atoms with Crippen molar-refractivity contribution in [2.45, 2.75) is 25.5 Å². The number of aliphatic hydroxyl groups is 1. The van der Waals surface area contributed by atoms with E-state index in [1.165, 1.54) is 6.20 Å². The van der Waals surface area contributed by atoms with E-state index < -0.39 is 11.6 Å². The summed E-state index contributed by atoms with van der Waals surface area (Å²) >= 11 is 0. The van der Waals surface area contributed by atoms with Crippen LogP contribution in [0.3, 0.4) is 0 Å². The van der Waals surface area contributed by atoms with E-state index in [-0.39, 0.29) is 19.3 Å². The number of anilines is 2. The molecule has 0 bridgehead atoms. The topological polar surface area (TPSA) is 110 Å². The maximum absolute atomic E-state index is 10.5. The average Bonchev–Trinajstić information content (AvgIpc) is 2.65. The minimum atomic E-state index is -0.782. The van der Waals surface area contributed by atoms with E-state index in [1.807, 2.05) is 44.2 Å². The van der Waals surface area contributed by atoms with Gasteiger partial charge in [0.1, 0.15) is 5.52 Å². The number of aliphatic hydroxyl groups excluding tert-OH is 1. The van der Waals surface area contributed by atoms with Gasteiger partial charge in [0.05, 0.1) is 33.4 Å². The summed E-state index contributed by atoms with van der Waals surface area (Å²) in [5, 5.41) is 10.5. The summed E-state index contributed by atoms with van der Waals surface area (Å²) in [6.07, 6.45) is 2.15. The predicted molar refractivity (Wildman–Crippen MR) is 104 cm³/mol. The van der Waals surface area contributed by atoms with Crippen LogP contribution in [0.2, 0.25) is 0 Å². The van der Waals surface area contributed by atoms with Gasteiger partial charge in [0.15, 0.2) is 5.65 Å². The maximum atomic E-state index is 10.5. The van der Waals surface area contributed by atoms with Crippen LogP contribution in [0.4, 0.5) is 11.6 Å². The van der Waals surface area contributed by atoms with E-state index in [0.29, 0.717) is 23.7 Å². The van der Waals surface area contributed by atoms with Crippen LogP contribution in [0.1, 0.15) is 15.2 Å². The number of hydrogen-bond donors (Lipinski definition) is 2. The number of rotatable bonds is 8. The lowest BCUT2D eigenvalue weighted by molar-refractivity contribution is 0.0242. The molecule has 2 aromatic heterocycles. The van der Waals surface area contributed by atoms with Gasteiger partial charge < -0.3 is 20.5 Å². The Labute approximate surface area is 159 Å². The quantitative estimate of drug-likeness (QED) is 0.617. The molecule has 0 radical (unpaired) electrons. The number of ether oxygens (including phenoxy) is 1. The number of nitrogens with zero attached hydrogens (tertiary/aromatic N) is 5. The van der Waals surface area contributed by atoms with Crippen LogP contribution in [0.5, 0.6) is 0 Å². The largest absolute Gasteiger partial charge is 0.389 e. The lowest BCUT2D eigenvalue weighted by Gasteiger charge is -2.26. The van der Waals surface area contributed by atoms with Crippen molar-refractivity contribution >= 4 is 22.8 Å². The molecule has 1 unspecified atom stereocenters. The van der Waals surface area contributed by atoms with Crippen LogP contribution in [0, 0.1) is 0 Å². The zero-order chi connectivity index (χ0) is 20.1. The van der Waals surface area contributed by atoms with Crippen molar-refractivity contribution in [3.63, 3.8) is 0 Å². The molecule has 8 nitrogen and oxygen atoms in total. The summed E-state index contributed by atoms with van der Waals surface area (Å²) in [6.45, 7) is 4.41. The first-order valence-corrected chi connectivity index (χ1v) is 8.65. The van der Waals surface area contributed by atoms with Crippen LogP contribution in [-0.2, 0) is 4.74 Å². The first kappa shape index (κ1) is 17.7. The Bertz CT molecular complexity index is 919. The van der Waals surface area contributed by atoms with Gasteiger partial charge in [-0.2, -0.15) is 4.98 Å². The third-order valence-corrected chi connectivity index (χ3v) is 3.66. The van der Waals surface area contributed by atoms with E-state index in [1.54, 1.807) is 11.1 Å². The van der Waals surface area contributed by atoms with Gasteiger partial charge in [-0.25, -0.2) is 15.0 Å². The van der Waals surface area contributed by atoms with E-state index in [9.17, 15) is 5.11 Å². The molecule has 0 aliphatic rings. The van der Waals surface area contributed by atoms with Gasteiger partial charge in [0, 0.05) is 23.6 Å². The van der Waals surface area contributed by atoms with E-state index in [0.717, 1.165) is 5.69 Å². The number of fused-ring (bicyclic) bond motifs is 1. The Balaban J connectivity index is 1.83. The van der Waals surface area contributed by atoms with Crippen molar-refractivity contribution in [3.8, 4) is 0 Å². The second-order valence-electron chi connectivity index (χ2n) is 6.98. The molecule has 0 saturated heterocycles. The summed E-state index contributed by atoms with van der Waals surface area (Å²) in [5.74, 6) is 0.358. The Kier molecular flexibility index (Phi) is 5.47. The van der Waals surface area contributed by atoms with Crippen molar-refractivity contribution in [1.82, 2.24) is 19.9 Å². The molecular weight excluding hydrogens is 344 g/mol. The van der Waals surface area contributed by atoms with Crippen molar-refractivity contribution < 1.29 is 11.2 Å². The Morgan fingerprint density at radius 3 is 2.78 bits per heavy atom. The third-order valence-electron chi connectivity index (χ3n) is 3.66. The van der Waals surface area contributed by atoms with E-state index >= 15 is 0 Å². The van der Waals surface area contributed by atoms with E-state index in [2.05, 4.69) is 19.9 Å². The Morgan fingerprint density at radius 2 is 2.04 bits per heavy atom. The van der Waals surface area contributed by atoms with Crippen LogP contribution < -0.4 is 10.6 Å². The van der Waals surface area contributed by atoms with Crippen molar-refractivity contribution in [2.24, 2.45) is 5.73 Å². The van der Waals surface area contributed by atoms with Crippen molar-refractivity contribution in [3.05, 3.63) is 48.9 Å². The monoisotopic (exact) mass is 369 g/mol. The highest BCUT2D eigenvalue weighted by molar-refractivity contribution is 5.70. The molecule has 0 aliphatic heterocycles. The fourth-order valence-electron chi connectivity index (χ4n) is 2.48. The smallest absolute Gasteiger partial charge is 0.232 e. The highest BCUT2D eigenvalue weighted by Gasteiger charge is 2.19. The van der Waals surface area contributed by atoms with Crippen LogP contribution in [0.15, 0.2) is 48.9 Å². The van der Waals surface area contributed by atoms with Crippen LogP contribution >= 0.6 is 0 Å². The Hall–Kier alpha value is -2.68. The molecular formula is C19H24N6O2. The van der Waals surface area contributed by atoms with Gasteiger partial charge in [0.2, 0.25) is 5.95 Å². The fraction of sp³-hybridized carbons (Fsp3) is 0.368. The summed E-state index contributed by atoms with van der Waals surface area (Å²) in [7, 11) is 0. The molecule has 0 fully saturated rings. The maximum Gasteiger partial charge on any atom is 0.232 e.